The van der Waals surface area contributed by atoms with E-state index in [9.17, 15) is 5.11 Å². The van der Waals surface area contributed by atoms with Gasteiger partial charge in [0.2, 0.25) is 0 Å². The molecule has 0 aliphatic carbocycles. The van der Waals surface area contributed by atoms with E-state index in [0.29, 0.717) is 5.54 Å². The van der Waals surface area contributed by atoms with Crippen LogP contribution in [0.4, 0.5) is 0 Å². The van der Waals surface area contributed by atoms with Crippen molar-refractivity contribution in [2.75, 3.05) is 26.3 Å². The summed E-state index contributed by atoms with van der Waals surface area (Å²) in [6, 6.07) is 10.3. The quantitative estimate of drug-likeness (QED) is 0.898. The van der Waals surface area contributed by atoms with Crippen LogP contribution >= 0.6 is 0 Å². The summed E-state index contributed by atoms with van der Waals surface area (Å²) in [5.74, 6) is 0. The van der Waals surface area contributed by atoms with E-state index in [1.54, 1.807) is 0 Å². The van der Waals surface area contributed by atoms with Gasteiger partial charge in [0, 0.05) is 31.8 Å². The molecule has 19 heavy (non-hydrogen) atoms. The summed E-state index contributed by atoms with van der Waals surface area (Å²) in [5, 5.41) is 10.3. The number of rotatable bonds is 4. The van der Waals surface area contributed by atoms with Gasteiger partial charge in [-0.3, -0.25) is 4.90 Å². The highest BCUT2D eigenvalue weighted by Gasteiger charge is 2.45. The summed E-state index contributed by atoms with van der Waals surface area (Å²) in [6.45, 7) is 3.69. The van der Waals surface area contributed by atoms with Gasteiger partial charge in [0.1, 0.15) is 0 Å². The largest absolute Gasteiger partial charge is 0.391 e. The van der Waals surface area contributed by atoms with Crippen LogP contribution in [0.5, 0.6) is 0 Å². The van der Waals surface area contributed by atoms with Crippen LogP contribution in [0, 0.1) is 0 Å². The van der Waals surface area contributed by atoms with Crippen molar-refractivity contribution in [2.45, 2.75) is 37.3 Å². The first kappa shape index (κ1) is 13.1. The zero-order valence-electron chi connectivity index (χ0n) is 11.4. The van der Waals surface area contributed by atoms with Crippen LogP contribution < -0.4 is 0 Å². The first-order chi connectivity index (χ1) is 9.28. The van der Waals surface area contributed by atoms with E-state index >= 15 is 0 Å². The van der Waals surface area contributed by atoms with Crippen LogP contribution in [0.25, 0.3) is 0 Å². The predicted octanol–water partition coefficient (Wildman–Crippen LogP) is 1.84. The van der Waals surface area contributed by atoms with E-state index in [4.69, 9.17) is 4.74 Å². The molecule has 2 saturated heterocycles. The third kappa shape index (κ3) is 2.83. The molecule has 0 radical (unpaired) electrons. The molecule has 104 valence electrons. The predicted molar refractivity (Wildman–Crippen MR) is 75.1 cm³/mol. The maximum atomic E-state index is 10.3. The van der Waals surface area contributed by atoms with Crippen LogP contribution in [-0.2, 0) is 11.2 Å². The van der Waals surface area contributed by atoms with Crippen LogP contribution in [0.15, 0.2) is 30.3 Å². The fraction of sp³-hybridized carbons (Fsp3) is 0.625. The number of aliphatic hydroxyl groups is 1. The molecule has 1 N–H and O–H groups in total. The third-order valence-corrected chi connectivity index (χ3v) is 4.69. The van der Waals surface area contributed by atoms with Crippen LogP contribution in [-0.4, -0.2) is 48.0 Å². The van der Waals surface area contributed by atoms with Crippen molar-refractivity contribution in [1.82, 2.24) is 4.90 Å². The lowest BCUT2D eigenvalue weighted by atomic mass is 9.77. The fourth-order valence-electron chi connectivity index (χ4n) is 3.39. The Morgan fingerprint density at radius 1 is 1.16 bits per heavy atom. The molecule has 1 aromatic rings. The van der Waals surface area contributed by atoms with Gasteiger partial charge in [-0.05, 0) is 31.2 Å². The molecule has 2 heterocycles. The van der Waals surface area contributed by atoms with E-state index in [0.717, 1.165) is 45.6 Å². The molecule has 1 atom stereocenters. The first-order valence-corrected chi connectivity index (χ1v) is 7.33. The minimum Gasteiger partial charge on any atom is -0.391 e. The number of β-amino-alcohol motifs (C(OH)–C–C–N with tert-alkyl or cyclic N) is 1. The maximum Gasteiger partial charge on any atom is 0.0707 e. The molecule has 2 aliphatic rings. The van der Waals surface area contributed by atoms with E-state index < -0.39 is 0 Å². The number of likely N-dealkylation sites (tertiary alicyclic amines) is 1. The van der Waals surface area contributed by atoms with Gasteiger partial charge in [-0.2, -0.15) is 0 Å². The summed E-state index contributed by atoms with van der Waals surface area (Å²) < 4.78 is 5.46. The molecule has 3 heteroatoms. The molecule has 3 rings (SSSR count). The average Bonchev–Trinajstić information content (AvgIpc) is 2.46. The van der Waals surface area contributed by atoms with E-state index in [1.165, 1.54) is 12.0 Å². The van der Waals surface area contributed by atoms with Crippen LogP contribution in [0.3, 0.4) is 0 Å². The van der Waals surface area contributed by atoms with Crippen molar-refractivity contribution in [1.29, 1.82) is 0 Å². The highest BCUT2D eigenvalue weighted by atomic mass is 16.5. The number of hydrogen-bond acceptors (Lipinski definition) is 3. The number of nitrogens with zero attached hydrogens (tertiary/aromatic N) is 1. The van der Waals surface area contributed by atoms with Crippen molar-refractivity contribution in [3.8, 4) is 0 Å². The van der Waals surface area contributed by atoms with Gasteiger partial charge in [0.15, 0.2) is 0 Å². The van der Waals surface area contributed by atoms with Crippen LogP contribution in [0.1, 0.15) is 24.8 Å². The number of ether oxygens (including phenoxy) is 1. The van der Waals surface area contributed by atoms with E-state index in [-0.39, 0.29) is 6.10 Å². The minimum absolute atomic E-state index is 0.262. The van der Waals surface area contributed by atoms with Gasteiger partial charge in [0.05, 0.1) is 6.10 Å². The Bertz CT molecular complexity index is 400. The minimum atomic E-state index is -0.262. The smallest absolute Gasteiger partial charge is 0.0707 e. The molecular formula is C16H23NO2. The Balaban J connectivity index is 1.53. The fourth-order valence-corrected chi connectivity index (χ4v) is 3.39. The van der Waals surface area contributed by atoms with Gasteiger partial charge in [-0.25, -0.2) is 0 Å². The second kappa shape index (κ2) is 5.61. The Morgan fingerprint density at radius 3 is 2.53 bits per heavy atom. The zero-order valence-corrected chi connectivity index (χ0v) is 11.4. The Kier molecular flexibility index (Phi) is 3.87. The zero-order chi connectivity index (χ0) is 13.1. The highest BCUT2D eigenvalue weighted by molar-refractivity contribution is 5.15. The molecular weight excluding hydrogens is 238 g/mol. The Hall–Kier alpha value is -0.900. The summed E-state index contributed by atoms with van der Waals surface area (Å²) in [4.78, 5) is 2.48. The van der Waals surface area contributed by atoms with Crippen LogP contribution in [0.2, 0.25) is 0 Å². The van der Waals surface area contributed by atoms with Crippen molar-refractivity contribution in [3.63, 3.8) is 0 Å². The summed E-state index contributed by atoms with van der Waals surface area (Å²) in [6.07, 6.45) is 4.02. The molecule has 0 amide bonds. The Morgan fingerprint density at radius 2 is 1.89 bits per heavy atom. The number of benzene rings is 1. The average molecular weight is 261 g/mol. The SMILES string of the molecule is O[C@H](Cc1ccccc1)CN1CCC12CCOCC2. The summed E-state index contributed by atoms with van der Waals surface area (Å²) in [7, 11) is 0. The van der Waals surface area contributed by atoms with Crippen molar-refractivity contribution >= 4 is 0 Å². The molecule has 0 saturated carbocycles. The maximum absolute atomic E-state index is 10.3. The number of hydrogen-bond donors (Lipinski definition) is 1. The monoisotopic (exact) mass is 261 g/mol. The molecule has 1 spiro atoms. The molecule has 1 aromatic carbocycles. The summed E-state index contributed by atoms with van der Waals surface area (Å²) >= 11 is 0. The van der Waals surface area contributed by atoms with Gasteiger partial charge < -0.3 is 9.84 Å². The molecule has 2 fully saturated rings. The second-order valence-corrected chi connectivity index (χ2v) is 5.88. The lowest BCUT2D eigenvalue weighted by molar-refractivity contribution is -0.103. The normalized spacial score (nSPS) is 24.1. The van der Waals surface area contributed by atoms with Gasteiger partial charge in [-0.1, -0.05) is 30.3 Å². The van der Waals surface area contributed by atoms with Gasteiger partial charge in [0.25, 0.3) is 0 Å². The third-order valence-electron chi connectivity index (χ3n) is 4.69. The molecule has 0 unspecified atom stereocenters. The van der Waals surface area contributed by atoms with Crippen molar-refractivity contribution in [2.24, 2.45) is 0 Å². The van der Waals surface area contributed by atoms with E-state index in [1.807, 2.05) is 18.2 Å². The second-order valence-electron chi connectivity index (χ2n) is 5.88. The standard InChI is InChI=1S/C16H23NO2/c18-15(12-14-4-2-1-3-5-14)13-17-9-6-16(17)7-10-19-11-8-16/h1-5,15,18H,6-13H2/t15-/m1/s1. The topological polar surface area (TPSA) is 32.7 Å². The van der Waals surface area contributed by atoms with Crippen molar-refractivity contribution in [3.05, 3.63) is 35.9 Å². The number of aliphatic hydroxyl groups excluding tert-OH is 1. The molecule has 2 aliphatic heterocycles. The van der Waals surface area contributed by atoms with Crippen molar-refractivity contribution < 1.29 is 9.84 Å². The lowest BCUT2D eigenvalue weighted by Gasteiger charge is -2.55. The summed E-state index contributed by atoms with van der Waals surface area (Å²) in [5.41, 5.74) is 1.56. The van der Waals surface area contributed by atoms with Gasteiger partial charge >= 0.3 is 0 Å². The first-order valence-electron chi connectivity index (χ1n) is 7.33. The van der Waals surface area contributed by atoms with Gasteiger partial charge in [-0.15, -0.1) is 0 Å². The molecule has 0 aromatic heterocycles. The molecule has 3 nitrogen and oxygen atoms in total. The lowest BCUT2D eigenvalue weighted by Crippen LogP contribution is -2.63. The Labute approximate surface area is 115 Å². The highest BCUT2D eigenvalue weighted by Crippen LogP contribution is 2.39. The molecule has 0 bridgehead atoms. The van der Waals surface area contributed by atoms with E-state index in [2.05, 4.69) is 17.0 Å².